The van der Waals surface area contributed by atoms with E-state index in [1.165, 1.54) is 6.33 Å². The van der Waals surface area contributed by atoms with E-state index in [1.54, 1.807) is 10.9 Å². The van der Waals surface area contributed by atoms with Gasteiger partial charge in [0.2, 0.25) is 0 Å². The van der Waals surface area contributed by atoms with E-state index in [9.17, 15) is 0 Å². The van der Waals surface area contributed by atoms with E-state index in [2.05, 4.69) is 35.8 Å². The van der Waals surface area contributed by atoms with Gasteiger partial charge in [-0.1, -0.05) is 33.0 Å². The minimum Gasteiger partial charge on any atom is -0.295 e. The van der Waals surface area contributed by atoms with Crippen LogP contribution in [0.15, 0.2) is 24.7 Å². The second-order valence-electron chi connectivity index (χ2n) is 4.66. The molecule has 2 rings (SSSR count). The van der Waals surface area contributed by atoms with Crippen molar-refractivity contribution in [2.75, 3.05) is 0 Å². The molecule has 0 saturated carbocycles. The van der Waals surface area contributed by atoms with E-state index in [4.69, 9.17) is 12.2 Å². The van der Waals surface area contributed by atoms with Gasteiger partial charge in [-0.25, -0.2) is 14.6 Å². The number of nitrogens with one attached hydrogen (secondary N) is 1. The normalized spacial score (nSPS) is 11.7. The van der Waals surface area contributed by atoms with Crippen molar-refractivity contribution in [3.8, 4) is 5.82 Å². The quantitative estimate of drug-likeness (QED) is 0.771. The Morgan fingerprint density at radius 1 is 1.38 bits per heavy atom. The fourth-order valence-corrected chi connectivity index (χ4v) is 1.62. The number of hydrogen-bond acceptors (Lipinski definition) is 3. The maximum absolute atomic E-state index is 5.30. The molecular weight excluding hydrogens is 220 g/mol. The van der Waals surface area contributed by atoms with Crippen molar-refractivity contribution in [2.24, 2.45) is 0 Å². The Morgan fingerprint density at radius 3 is 2.62 bits per heavy atom. The Hall–Kier alpha value is -1.49. The van der Waals surface area contributed by atoms with Crippen LogP contribution in [0.1, 0.15) is 26.5 Å². The fraction of sp³-hybridized carbons (Fsp3) is 0.364. The van der Waals surface area contributed by atoms with Crippen LogP contribution >= 0.6 is 12.2 Å². The minimum atomic E-state index is 0.0475. The van der Waals surface area contributed by atoms with E-state index in [0.717, 1.165) is 16.2 Å². The van der Waals surface area contributed by atoms with E-state index in [0.29, 0.717) is 0 Å². The van der Waals surface area contributed by atoms with Gasteiger partial charge < -0.3 is 0 Å². The highest BCUT2D eigenvalue weighted by atomic mass is 32.1. The lowest BCUT2D eigenvalue weighted by molar-refractivity contribution is 0.559. The topological polar surface area (TPSA) is 46.5 Å². The Morgan fingerprint density at radius 2 is 2.12 bits per heavy atom. The van der Waals surface area contributed by atoms with Gasteiger partial charge in [0, 0.05) is 23.4 Å². The summed E-state index contributed by atoms with van der Waals surface area (Å²) in [6.07, 6.45) is 3.20. The summed E-state index contributed by atoms with van der Waals surface area (Å²) < 4.78 is 2.51. The Labute approximate surface area is 99.4 Å². The van der Waals surface area contributed by atoms with Gasteiger partial charge in [-0.05, 0) is 6.07 Å². The van der Waals surface area contributed by atoms with Gasteiger partial charge in [-0.2, -0.15) is 0 Å². The van der Waals surface area contributed by atoms with Crippen LogP contribution in [0.25, 0.3) is 5.82 Å². The maximum atomic E-state index is 5.30. The molecule has 0 aliphatic carbocycles. The summed E-state index contributed by atoms with van der Waals surface area (Å²) in [6.45, 7) is 6.41. The lowest BCUT2D eigenvalue weighted by Gasteiger charge is -2.15. The molecule has 2 heterocycles. The first-order chi connectivity index (χ1) is 7.48. The lowest BCUT2D eigenvalue weighted by Crippen LogP contribution is -2.12. The zero-order valence-corrected chi connectivity index (χ0v) is 10.4. The summed E-state index contributed by atoms with van der Waals surface area (Å²) in [7, 11) is 0. The van der Waals surface area contributed by atoms with Gasteiger partial charge in [-0.3, -0.25) is 5.10 Å². The molecule has 4 nitrogen and oxygen atoms in total. The molecule has 0 aromatic carbocycles. The summed E-state index contributed by atoms with van der Waals surface area (Å²) in [4.78, 5) is 8.04. The molecule has 0 unspecified atom stereocenters. The molecule has 0 spiro atoms. The van der Waals surface area contributed by atoms with Crippen LogP contribution in [0.4, 0.5) is 0 Å². The molecule has 0 atom stereocenters. The first-order valence-electron chi connectivity index (χ1n) is 5.07. The van der Waals surface area contributed by atoms with E-state index < -0.39 is 0 Å². The third-order valence-corrected chi connectivity index (χ3v) is 2.62. The third kappa shape index (κ3) is 2.04. The molecule has 84 valence electrons. The highest BCUT2D eigenvalue weighted by Gasteiger charge is 2.17. The monoisotopic (exact) mass is 234 g/mol. The summed E-state index contributed by atoms with van der Waals surface area (Å²) >= 11 is 5.30. The zero-order valence-electron chi connectivity index (χ0n) is 9.56. The summed E-state index contributed by atoms with van der Waals surface area (Å²) in [5.41, 5.74) is 1.14. The van der Waals surface area contributed by atoms with E-state index in [1.807, 2.05) is 12.1 Å². The van der Waals surface area contributed by atoms with Crippen LogP contribution in [0.3, 0.4) is 0 Å². The Bertz CT molecular complexity index is 533. The van der Waals surface area contributed by atoms with Gasteiger partial charge in [0.25, 0.3) is 0 Å². The molecule has 2 aromatic heterocycles. The molecular formula is C11H14N4S. The average Bonchev–Trinajstić information content (AvgIpc) is 2.61. The molecule has 0 bridgehead atoms. The van der Waals surface area contributed by atoms with Crippen LogP contribution < -0.4 is 0 Å². The number of rotatable bonds is 1. The molecule has 2 aromatic rings. The third-order valence-electron chi connectivity index (χ3n) is 2.32. The van der Waals surface area contributed by atoms with E-state index >= 15 is 0 Å². The van der Waals surface area contributed by atoms with Gasteiger partial charge in [0.15, 0.2) is 5.82 Å². The van der Waals surface area contributed by atoms with Crippen LogP contribution in [0, 0.1) is 4.64 Å². The molecule has 16 heavy (non-hydrogen) atoms. The summed E-state index contributed by atoms with van der Waals surface area (Å²) in [6, 6.07) is 3.79. The van der Waals surface area contributed by atoms with Gasteiger partial charge in [-0.15, -0.1) is 0 Å². The molecule has 0 fully saturated rings. The van der Waals surface area contributed by atoms with E-state index in [-0.39, 0.29) is 5.41 Å². The molecule has 0 saturated heterocycles. The zero-order chi connectivity index (χ0) is 11.8. The number of H-pyrrole nitrogens is 1. The number of aromatic amines is 1. The summed E-state index contributed by atoms with van der Waals surface area (Å²) in [5, 5.41) is 3.26. The van der Waals surface area contributed by atoms with Crippen molar-refractivity contribution in [2.45, 2.75) is 26.2 Å². The average molecular weight is 234 g/mol. The number of hydrogen-bond donors (Lipinski definition) is 1. The first kappa shape index (κ1) is 11.0. The van der Waals surface area contributed by atoms with Crippen molar-refractivity contribution >= 4 is 12.2 Å². The predicted molar refractivity (Wildman–Crippen MR) is 65.2 cm³/mol. The van der Waals surface area contributed by atoms with Crippen molar-refractivity contribution < 1.29 is 0 Å². The van der Waals surface area contributed by atoms with Crippen molar-refractivity contribution in [1.29, 1.82) is 0 Å². The Balaban J connectivity index is 2.53. The number of nitrogens with zero attached hydrogens (tertiary/aromatic N) is 3. The van der Waals surface area contributed by atoms with Crippen molar-refractivity contribution in [1.82, 2.24) is 19.7 Å². The second-order valence-corrected chi connectivity index (χ2v) is 5.08. The summed E-state index contributed by atoms with van der Waals surface area (Å²) in [5.74, 6) is 0.760. The maximum Gasteiger partial charge on any atom is 0.156 e. The van der Waals surface area contributed by atoms with Crippen molar-refractivity contribution in [3.63, 3.8) is 0 Å². The standard InChI is InChI=1S/C11H14N4S/c1-11(2,3)8-6-10(16)15(14-8)9-4-5-12-7-13-9/h4-7,14H,1-3H3. The molecule has 0 aliphatic heterocycles. The first-order valence-corrected chi connectivity index (χ1v) is 5.48. The largest absolute Gasteiger partial charge is 0.295 e. The van der Waals surface area contributed by atoms with Crippen LogP contribution in [0.2, 0.25) is 0 Å². The second kappa shape index (κ2) is 3.83. The van der Waals surface area contributed by atoms with Gasteiger partial charge >= 0.3 is 0 Å². The molecule has 0 radical (unpaired) electrons. The van der Waals surface area contributed by atoms with Crippen LogP contribution in [-0.2, 0) is 5.41 Å². The molecule has 1 N–H and O–H groups in total. The van der Waals surface area contributed by atoms with Crippen molar-refractivity contribution in [3.05, 3.63) is 35.0 Å². The Kier molecular flexibility index (Phi) is 2.63. The fourth-order valence-electron chi connectivity index (χ4n) is 1.37. The van der Waals surface area contributed by atoms with Crippen LogP contribution in [0.5, 0.6) is 0 Å². The van der Waals surface area contributed by atoms with Gasteiger partial charge in [0.05, 0.1) is 0 Å². The molecule has 0 aliphatic rings. The predicted octanol–water partition coefficient (Wildman–Crippen LogP) is 2.62. The SMILES string of the molecule is CC(C)(C)c1cc(=S)n(-c2ccncn2)[nH]1. The highest BCUT2D eigenvalue weighted by molar-refractivity contribution is 7.71. The molecule has 5 heteroatoms. The number of aromatic nitrogens is 4. The highest BCUT2D eigenvalue weighted by Crippen LogP contribution is 2.21. The smallest absolute Gasteiger partial charge is 0.156 e. The van der Waals surface area contributed by atoms with Crippen LogP contribution in [-0.4, -0.2) is 19.7 Å². The lowest BCUT2D eigenvalue weighted by atomic mass is 9.93. The molecule has 0 amide bonds. The van der Waals surface area contributed by atoms with Gasteiger partial charge in [0.1, 0.15) is 11.0 Å². The minimum absolute atomic E-state index is 0.0475.